The molecule has 0 radical (unpaired) electrons. The number of carbonyl (C=O) groups is 2. The minimum Gasteiger partial charge on any atom is -0.361 e. The Labute approximate surface area is 154 Å². The number of nitrogens with zero attached hydrogens (tertiary/aromatic N) is 3. The summed E-state index contributed by atoms with van der Waals surface area (Å²) >= 11 is 0. The van der Waals surface area contributed by atoms with Gasteiger partial charge in [-0.3, -0.25) is 9.59 Å². The van der Waals surface area contributed by atoms with Crippen molar-refractivity contribution in [1.82, 2.24) is 15.0 Å². The molecule has 142 valence electrons. The maximum absolute atomic E-state index is 13.0. The lowest BCUT2D eigenvalue weighted by molar-refractivity contribution is -0.140. The van der Waals surface area contributed by atoms with Gasteiger partial charge in [0, 0.05) is 31.1 Å². The van der Waals surface area contributed by atoms with Gasteiger partial charge in [0.25, 0.3) is 0 Å². The van der Waals surface area contributed by atoms with E-state index >= 15 is 0 Å². The largest absolute Gasteiger partial charge is 0.361 e. The Balaban J connectivity index is 1.48. The summed E-state index contributed by atoms with van der Waals surface area (Å²) < 4.78 is 5.26. The second kappa shape index (κ2) is 7.05. The van der Waals surface area contributed by atoms with Crippen LogP contribution in [-0.4, -0.2) is 45.9 Å². The molecule has 1 aromatic heterocycles. The molecule has 4 fully saturated rings. The van der Waals surface area contributed by atoms with E-state index in [1.54, 1.807) is 0 Å². The number of aryl methyl sites for hydroxylation is 2. The molecule has 26 heavy (non-hydrogen) atoms. The first kappa shape index (κ1) is 17.6. The van der Waals surface area contributed by atoms with Gasteiger partial charge in [-0.15, -0.1) is 0 Å². The summed E-state index contributed by atoms with van der Waals surface area (Å²) in [4.78, 5) is 29.8. The zero-order chi connectivity index (χ0) is 18.3. The highest BCUT2D eigenvalue weighted by Gasteiger charge is 2.42. The standard InChI is InChI=1S/C20H29N3O3/c1-13-18(14(2)26-21-13)12-23-17-8-7-16(20(23)25)10-22(11-17)19(24)9-15-5-3-4-6-15/h15-17H,3-12H2,1-2H3/t16-,17+/m1/s1. The van der Waals surface area contributed by atoms with Crippen LogP contribution in [0.3, 0.4) is 0 Å². The summed E-state index contributed by atoms with van der Waals surface area (Å²) in [7, 11) is 0. The van der Waals surface area contributed by atoms with Crippen molar-refractivity contribution in [2.75, 3.05) is 13.1 Å². The molecule has 6 heteroatoms. The average molecular weight is 359 g/mol. The second-order valence-electron chi connectivity index (χ2n) is 8.35. The Morgan fingerprint density at radius 3 is 2.62 bits per heavy atom. The number of rotatable bonds is 4. The molecule has 0 spiro atoms. The van der Waals surface area contributed by atoms with Crippen LogP contribution in [0.4, 0.5) is 0 Å². The van der Waals surface area contributed by atoms with Gasteiger partial charge in [0.1, 0.15) is 5.76 Å². The Bertz CT molecular complexity index is 673. The molecule has 5 rings (SSSR count). The van der Waals surface area contributed by atoms with Gasteiger partial charge in [-0.05, 0) is 45.4 Å². The van der Waals surface area contributed by atoms with E-state index in [4.69, 9.17) is 4.52 Å². The summed E-state index contributed by atoms with van der Waals surface area (Å²) in [6.45, 7) is 5.64. The van der Waals surface area contributed by atoms with E-state index in [2.05, 4.69) is 5.16 Å². The number of hydrogen-bond acceptors (Lipinski definition) is 4. The lowest BCUT2D eigenvalue weighted by Gasteiger charge is -2.35. The third kappa shape index (κ3) is 3.26. The summed E-state index contributed by atoms with van der Waals surface area (Å²) in [6, 6.07) is 0.113. The molecule has 3 saturated heterocycles. The van der Waals surface area contributed by atoms with Crippen LogP contribution in [-0.2, 0) is 16.1 Å². The van der Waals surface area contributed by atoms with E-state index in [1.807, 2.05) is 23.6 Å². The van der Waals surface area contributed by atoms with Crippen molar-refractivity contribution in [2.45, 2.75) is 71.4 Å². The summed E-state index contributed by atoms with van der Waals surface area (Å²) in [5, 5.41) is 4.02. The normalized spacial score (nSPS) is 26.6. The minimum absolute atomic E-state index is 0.0539. The van der Waals surface area contributed by atoms with Crippen molar-refractivity contribution in [2.24, 2.45) is 11.8 Å². The quantitative estimate of drug-likeness (QED) is 0.829. The van der Waals surface area contributed by atoms with Crippen molar-refractivity contribution in [3.8, 4) is 0 Å². The number of piperidine rings is 1. The third-order valence-electron chi connectivity index (χ3n) is 6.59. The molecule has 4 aliphatic rings. The Kier molecular flexibility index (Phi) is 4.76. The van der Waals surface area contributed by atoms with Crippen molar-refractivity contribution in [3.63, 3.8) is 0 Å². The van der Waals surface area contributed by atoms with E-state index in [-0.39, 0.29) is 23.8 Å². The number of aromatic nitrogens is 1. The summed E-state index contributed by atoms with van der Waals surface area (Å²) in [5.74, 6) is 1.72. The van der Waals surface area contributed by atoms with Gasteiger partial charge in [-0.1, -0.05) is 18.0 Å². The highest BCUT2D eigenvalue weighted by Crippen LogP contribution is 2.33. The lowest BCUT2D eigenvalue weighted by atomic mass is 9.93. The smallest absolute Gasteiger partial charge is 0.228 e. The maximum atomic E-state index is 13.0. The molecular weight excluding hydrogens is 330 g/mol. The molecule has 1 aromatic rings. The monoisotopic (exact) mass is 359 g/mol. The number of fused-ring (bicyclic) bond motifs is 4. The van der Waals surface area contributed by atoms with E-state index < -0.39 is 0 Å². The molecular formula is C20H29N3O3. The fraction of sp³-hybridized carbons (Fsp3) is 0.750. The van der Waals surface area contributed by atoms with Gasteiger partial charge < -0.3 is 14.3 Å². The molecule has 1 aliphatic carbocycles. The molecule has 1 saturated carbocycles. The predicted molar refractivity (Wildman–Crippen MR) is 96.2 cm³/mol. The first-order valence-corrected chi connectivity index (χ1v) is 10.0. The highest BCUT2D eigenvalue weighted by molar-refractivity contribution is 5.83. The number of carbonyl (C=O) groups excluding carboxylic acids is 2. The lowest BCUT2D eigenvalue weighted by Crippen LogP contribution is -2.47. The van der Waals surface area contributed by atoms with E-state index in [0.717, 1.165) is 29.9 Å². The van der Waals surface area contributed by atoms with Crippen LogP contribution < -0.4 is 0 Å². The van der Waals surface area contributed by atoms with Gasteiger partial charge in [0.2, 0.25) is 11.8 Å². The Morgan fingerprint density at radius 2 is 1.92 bits per heavy atom. The number of amides is 2. The molecule has 2 bridgehead atoms. The van der Waals surface area contributed by atoms with Crippen LogP contribution >= 0.6 is 0 Å². The van der Waals surface area contributed by atoms with Crippen molar-refractivity contribution < 1.29 is 14.1 Å². The first-order chi connectivity index (χ1) is 12.5. The first-order valence-electron chi connectivity index (χ1n) is 10.0. The zero-order valence-electron chi connectivity index (χ0n) is 15.9. The van der Waals surface area contributed by atoms with Gasteiger partial charge in [0.15, 0.2) is 0 Å². The van der Waals surface area contributed by atoms with Crippen molar-refractivity contribution in [1.29, 1.82) is 0 Å². The molecule has 6 nitrogen and oxygen atoms in total. The Hall–Kier alpha value is -1.85. The molecule has 3 aliphatic heterocycles. The van der Waals surface area contributed by atoms with Crippen LogP contribution in [0.1, 0.15) is 62.0 Å². The number of hydrogen-bond donors (Lipinski definition) is 0. The topological polar surface area (TPSA) is 66.7 Å². The molecule has 0 unspecified atom stereocenters. The zero-order valence-corrected chi connectivity index (χ0v) is 15.9. The fourth-order valence-corrected chi connectivity index (χ4v) is 4.94. The van der Waals surface area contributed by atoms with Crippen LogP contribution in [0, 0.1) is 25.7 Å². The second-order valence-corrected chi connectivity index (χ2v) is 8.35. The van der Waals surface area contributed by atoms with Crippen LogP contribution in [0.5, 0.6) is 0 Å². The minimum atomic E-state index is -0.0539. The van der Waals surface area contributed by atoms with Crippen LogP contribution in [0.15, 0.2) is 4.52 Å². The Morgan fingerprint density at radius 1 is 1.15 bits per heavy atom. The van der Waals surface area contributed by atoms with Gasteiger partial charge in [0.05, 0.1) is 18.2 Å². The van der Waals surface area contributed by atoms with Gasteiger partial charge in [-0.25, -0.2) is 0 Å². The molecule has 0 N–H and O–H groups in total. The molecule has 0 aromatic carbocycles. The highest BCUT2D eigenvalue weighted by atomic mass is 16.5. The average Bonchev–Trinajstić information content (AvgIpc) is 3.13. The van der Waals surface area contributed by atoms with Crippen molar-refractivity contribution in [3.05, 3.63) is 17.0 Å². The van der Waals surface area contributed by atoms with Gasteiger partial charge >= 0.3 is 0 Å². The van der Waals surface area contributed by atoms with Gasteiger partial charge in [-0.2, -0.15) is 0 Å². The predicted octanol–water partition coefficient (Wildman–Crippen LogP) is 2.82. The molecule has 2 amide bonds. The van der Waals surface area contributed by atoms with Crippen molar-refractivity contribution >= 4 is 11.8 Å². The SMILES string of the molecule is Cc1noc(C)c1CN1C(=O)[C@@H]2CC[C@H]1CN(C(=O)CC1CCCC1)C2. The molecule has 2 atom stereocenters. The van der Waals surface area contributed by atoms with E-state index in [1.165, 1.54) is 25.7 Å². The summed E-state index contributed by atoms with van der Waals surface area (Å²) in [6.07, 6.45) is 7.42. The fourth-order valence-electron chi connectivity index (χ4n) is 4.94. The molecule has 4 heterocycles. The maximum Gasteiger partial charge on any atom is 0.228 e. The van der Waals surface area contributed by atoms with E-state index in [9.17, 15) is 9.59 Å². The van der Waals surface area contributed by atoms with Crippen LogP contribution in [0.2, 0.25) is 0 Å². The summed E-state index contributed by atoms with van der Waals surface area (Å²) in [5.41, 5.74) is 1.86. The third-order valence-corrected chi connectivity index (χ3v) is 6.59. The van der Waals surface area contributed by atoms with E-state index in [0.29, 0.717) is 32.0 Å². The van der Waals surface area contributed by atoms with Crippen LogP contribution in [0.25, 0.3) is 0 Å².